The number of amides is 1. The predicted octanol–water partition coefficient (Wildman–Crippen LogP) is 7.96. The number of carboxylic acids is 1. The minimum atomic E-state index is -4.82. The summed E-state index contributed by atoms with van der Waals surface area (Å²) >= 11 is 13.6. The molecule has 0 fully saturated rings. The van der Waals surface area contributed by atoms with Crippen molar-refractivity contribution in [3.05, 3.63) is 110 Å². The Morgan fingerprint density at radius 2 is 1.67 bits per heavy atom. The van der Waals surface area contributed by atoms with E-state index in [0.717, 1.165) is 5.56 Å². The molecule has 5 nitrogen and oxygen atoms in total. The van der Waals surface area contributed by atoms with Crippen LogP contribution in [0.3, 0.4) is 0 Å². The number of hydrogen-bond donors (Lipinski definition) is 1. The number of carbonyl (C=O) groups is 2. The number of benzene rings is 3. The standard InChI is InChI=1S/C28H20Cl2F3NO4S/c29-19-8-11-22(23(30)15-19)26(35)34(24(27(36)37)14-17-4-2-1-3-5-17)16-25-21(12-13-39-25)18-6-9-20(10-7-18)38-28(31,32)33/h1-13,15,24H,14,16H2,(H,36,37)/t24-/m0/s1. The summed E-state index contributed by atoms with van der Waals surface area (Å²) in [5.41, 5.74) is 2.03. The Kier molecular flexibility index (Phi) is 8.84. The zero-order valence-electron chi connectivity index (χ0n) is 20.0. The van der Waals surface area contributed by atoms with E-state index in [4.69, 9.17) is 23.2 Å². The van der Waals surface area contributed by atoms with Crippen molar-refractivity contribution in [2.45, 2.75) is 25.4 Å². The average Bonchev–Trinajstić information content (AvgIpc) is 3.34. The lowest BCUT2D eigenvalue weighted by atomic mass is 10.0. The molecule has 0 saturated heterocycles. The number of alkyl halides is 3. The van der Waals surface area contributed by atoms with Gasteiger partial charge in [0.1, 0.15) is 11.8 Å². The second kappa shape index (κ2) is 12.1. The Balaban J connectivity index is 1.71. The molecule has 0 unspecified atom stereocenters. The van der Waals surface area contributed by atoms with Gasteiger partial charge < -0.3 is 14.7 Å². The topological polar surface area (TPSA) is 66.8 Å². The van der Waals surface area contributed by atoms with Crippen molar-refractivity contribution >= 4 is 46.4 Å². The van der Waals surface area contributed by atoms with E-state index in [9.17, 15) is 27.9 Å². The third-order valence-corrected chi connectivity index (χ3v) is 7.27. The summed E-state index contributed by atoms with van der Waals surface area (Å²) < 4.78 is 41.6. The van der Waals surface area contributed by atoms with Gasteiger partial charge in [0.2, 0.25) is 0 Å². The molecule has 0 aliphatic carbocycles. The smallest absolute Gasteiger partial charge is 0.480 e. The molecule has 1 N–H and O–H groups in total. The monoisotopic (exact) mass is 593 g/mol. The number of carboxylic acid groups (broad SMARTS) is 1. The molecule has 0 bridgehead atoms. The fraction of sp³-hybridized carbons (Fsp3) is 0.143. The van der Waals surface area contributed by atoms with Gasteiger partial charge in [0, 0.05) is 16.3 Å². The normalized spacial score (nSPS) is 12.1. The van der Waals surface area contributed by atoms with Crippen LogP contribution in [0.15, 0.2) is 84.2 Å². The van der Waals surface area contributed by atoms with Gasteiger partial charge in [0.15, 0.2) is 0 Å². The summed E-state index contributed by atoms with van der Waals surface area (Å²) in [7, 11) is 0. The Bertz CT molecular complexity index is 1460. The lowest BCUT2D eigenvalue weighted by Crippen LogP contribution is -2.46. The minimum absolute atomic E-state index is 0.0390. The summed E-state index contributed by atoms with van der Waals surface area (Å²) in [6, 6.07) is 19.1. The Morgan fingerprint density at radius 1 is 0.974 bits per heavy atom. The van der Waals surface area contributed by atoms with Gasteiger partial charge in [-0.2, -0.15) is 0 Å². The van der Waals surface area contributed by atoms with Gasteiger partial charge in [-0.05, 0) is 58.5 Å². The van der Waals surface area contributed by atoms with Crippen LogP contribution in [0.1, 0.15) is 20.8 Å². The van der Waals surface area contributed by atoms with Crippen molar-refractivity contribution in [3.8, 4) is 16.9 Å². The summed E-state index contributed by atoms with van der Waals surface area (Å²) in [6.07, 6.45) is -4.78. The first kappa shape index (κ1) is 28.5. The number of aliphatic carboxylic acids is 1. The van der Waals surface area contributed by atoms with Gasteiger partial charge in [-0.1, -0.05) is 65.7 Å². The first-order valence-corrected chi connectivity index (χ1v) is 13.1. The van der Waals surface area contributed by atoms with Gasteiger partial charge in [0.25, 0.3) is 5.91 Å². The van der Waals surface area contributed by atoms with Gasteiger partial charge in [0.05, 0.1) is 17.1 Å². The van der Waals surface area contributed by atoms with E-state index < -0.39 is 24.3 Å². The van der Waals surface area contributed by atoms with Gasteiger partial charge in [-0.15, -0.1) is 24.5 Å². The molecule has 0 aliphatic rings. The number of rotatable bonds is 9. The van der Waals surface area contributed by atoms with Gasteiger partial charge in [-0.25, -0.2) is 4.79 Å². The first-order chi connectivity index (χ1) is 18.5. The number of thiophene rings is 1. The summed E-state index contributed by atoms with van der Waals surface area (Å²) in [5, 5.41) is 12.4. The van der Waals surface area contributed by atoms with Crippen molar-refractivity contribution in [1.82, 2.24) is 4.90 Å². The quantitative estimate of drug-likeness (QED) is 0.214. The third kappa shape index (κ3) is 7.32. The molecule has 1 amide bonds. The highest BCUT2D eigenvalue weighted by Gasteiger charge is 2.33. The fourth-order valence-corrected chi connectivity index (χ4v) is 5.40. The van der Waals surface area contributed by atoms with Gasteiger partial charge in [-0.3, -0.25) is 4.79 Å². The maximum atomic E-state index is 13.8. The van der Waals surface area contributed by atoms with Crippen LogP contribution < -0.4 is 4.74 Å². The van der Waals surface area contributed by atoms with Crippen molar-refractivity contribution in [2.75, 3.05) is 0 Å². The highest BCUT2D eigenvalue weighted by atomic mass is 35.5. The molecule has 39 heavy (non-hydrogen) atoms. The van der Waals surface area contributed by atoms with E-state index >= 15 is 0 Å². The third-order valence-electron chi connectivity index (χ3n) is 5.81. The lowest BCUT2D eigenvalue weighted by molar-refractivity contribution is -0.274. The van der Waals surface area contributed by atoms with Crippen LogP contribution in [-0.4, -0.2) is 34.3 Å². The van der Waals surface area contributed by atoms with Crippen molar-refractivity contribution in [3.63, 3.8) is 0 Å². The van der Waals surface area contributed by atoms with E-state index in [1.54, 1.807) is 41.8 Å². The molecule has 3 aromatic carbocycles. The zero-order chi connectivity index (χ0) is 28.2. The van der Waals surface area contributed by atoms with Crippen molar-refractivity contribution < 1.29 is 32.6 Å². The molecule has 1 aromatic heterocycles. The van der Waals surface area contributed by atoms with Crippen LogP contribution in [-0.2, 0) is 17.8 Å². The first-order valence-electron chi connectivity index (χ1n) is 11.5. The molecule has 11 heteroatoms. The van der Waals surface area contributed by atoms with E-state index in [0.29, 0.717) is 21.0 Å². The summed E-state index contributed by atoms with van der Waals surface area (Å²) in [6.45, 7) is -0.0879. The highest BCUT2D eigenvalue weighted by molar-refractivity contribution is 7.10. The van der Waals surface area contributed by atoms with Crippen molar-refractivity contribution in [2.24, 2.45) is 0 Å². The van der Waals surface area contributed by atoms with Crippen LogP contribution >= 0.6 is 34.5 Å². The summed E-state index contributed by atoms with van der Waals surface area (Å²) in [5.74, 6) is -2.18. The largest absolute Gasteiger partial charge is 0.573 e. The number of hydrogen-bond acceptors (Lipinski definition) is 4. The van der Waals surface area contributed by atoms with E-state index in [2.05, 4.69) is 4.74 Å². The lowest BCUT2D eigenvalue weighted by Gasteiger charge is -2.30. The Hall–Kier alpha value is -3.53. The molecule has 1 heterocycles. The molecule has 4 aromatic rings. The highest BCUT2D eigenvalue weighted by Crippen LogP contribution is 2.33. The molecule has 202 valence electrons. The Labute approximate surface area is 236 Å². The number of nitrogens with zero attached hydrogens (tertiary/aromatic N) is 1. The van der Waals surface area contributed by atoms with Crippen LogP contribution in [0, 0.1) is 0 Å². The SMILES string of the molecule is O=C(O)[C@H](Cc1ccccc1)N(Cc1sccc1-c1ccc(OC(F)(F)F)cc1)C(=O)c1ccc(Cl)cc1Cl. The predicted molar refractivity (Wildman–Crippen MR) is 144 cm³/mol. The minimum Gasteiger partial charge on any atom is -0.480 e. The van der Waals surface area contributed by atoms with Crippen LogP contribution in [0.25, 0.3) is 11.1 Å². The van der Waals surface area contributed by atoms with E-state index in [-0.39, 0.29) is 29.3 Å². The molecule has 1 atom stereocenters. The second-order valence-corrected chi connectivity index (χ2v) is 10.3. The molecular formula is C28H20Cl2F3NO4S. The molecule has 0 aliphatic heterocycles. The fourth-order valence-electron chi connectivity index (χ4n) is 4.02. The molecule has 0 saturated carbocycles. The van der Waals surface area contributed by atoms with E-state index in [1.165, 1.54) is 58.7 Å². The number of halogens is 5. The number of carbonyl (C=O) groups excluding carboxylic acids is 1. The van der Waals surface area contributed by atoms with E-state index in [1.807, 2.05) is 0 Å². The van der Waals surface area contributed by atoms with Crippen LogP contribution in [0.2, 0.25) is 10.0 Å². The molecular weight excluding hydrogens is 574 g/mol. The Morgan fingerprint density at radius 3 is 2.28 bits per heavy atom. The maximum absolute atomic E-state index is 13.8. The average molecular weight is 594 g/mol. The van der Waals surface area contributed by atoms with Crippen LogP contribution in [0.5, 0.6) is 5.75 Å². The molecule has 0 radical (unpaired) electrons. The maximum Gasteiger partial charge on any atom is 0.573 e. The van der Waals surface area contributed by atoms with Crippen LogP contribution in [0.4, 0.5) is 13.2 Å². The summed E-state index contributed by atoms with van der Waals surface area (Å²) in [4.78, 5) is 28.2. The molecule has 0 spiro atoms. The van der Waals surface area contributed by atoms with Crippen molar-refractivity contribution in [1.29, 1.82) is 0 Å². The second-order valence-electron chi connectivity index (χ2n) is 8.43. The molecule has 4 rings (SSSR count). The number of ether oxygens (including phenoxy) is 1. The van der Waals surface area contributed by atoms with Gasteiger partial charge >= 0.3 is 12.3 Å². The zero-order valence-corrected chi connectivity index (χ0v) is 22.3.